The van der Waals surface area contributed by atoms with Crippen LogP contribution in [-0.4, -0.2) is 11.0 Å². The number of hydrogen-bond donors (Lipinski definition) is 1. The second-order valence-electron chi connectivity index (χ2n) is 5.03. The number of anilines is 1. The van der Waals surface area contributed by atoms with Crippen molar-refractivity contribution in [3.63, 3.8) is 0 Å². The summed E-state index contributed by atoms with van der Waals surface area (Å²) in [6.07, 6.45) is -0.685. The van der Waals surface area contributed by atoms with E-state index in [2.05, 4.69) is 12.2 Å². The van der Waals surface area contributed by atoms with Gasteiger partial charge in [0.2, 0.25) is 0 Å². The lowest BCUT2D eigenvalue weighted by atomic mass is 10.1. The number of rotatable bonds is 7. The molecule has 0 aromatic heterocycles. The fourth-order valence-corrected chi connectivity index (χ4v) is 2.02. The molecule has 0 radical (unpaired) electrons. The van der Waals surface area contributed by atoms with Crippen molar-refractivity contribution in [1.29, 1.82) is 0 Å². The predicted molar refractivity (Wildman–Crippen MR) is 75.3 cm³/mol. The van der Waals surface area contributed by atoms with E-state index in [0.29, 0.717) is 6.07 Å². The first-order valence-corrected chi connectivity index (χ1v) is 6.88. The summed E-state index contributed by atoms with van der Waals surface area (Å²) in [5.74, 6) is 0. The fourth-order valence-electron chi connectivity index (χ4n) is 2.02. The molecule has 0 aliphatic heterocycles. The van der Waals surface area contributed by atoms with Crippen LogP contribution in [-0.2, 0) is 6.18 Å². The summed E-state index contributed by atoms with van der Waals surface area (Å²) in [4.78, 5) is 10.1. The van der Waals surface area contributed by atoms with Crippen LogP contribution in [0.15, 0.2) is 18.2 Å². The number of nitrogens with zero attached hydrogens (tertiary/aromatic N) is 1. The van der Waals surface area contributed by atoms with Crippen LogP contribution in [0.2, 0.25) is 0 Å². The first-order chi connectivity index (χ1) is 9.75. The van der Waals surface area contributed by atoms with Crippen LogP contribution >= 0.6 is 0 Å². The van der Waals surface area contributed by atoms with Gasteiger partial charge in [0.1, 0.15) is 5.69 Å². The van der Waals surface area contributed by atoms with E-state index in [1.54, 1.807) is 0 Å². The molecular weight excluding hydrogens is 285 g/mol. The van der Waals surface area contributed by atoms with Crippen molar-refractivity contribution >= 4 is 11.4 Å². The smallest absolute Gasteiger partial charge is 0.377 e. The van der Waals surface area contributed by atoms with Crippen molar-refractivity contribution < 1.29 is 18.1 Å². The molecule has 7 heteroatoms. The number of unbranched alkanes of at least 4 members (excludes halogenated alkanes) is 2. The van der Waals surface area contributed by atoms with Crippen molar-refractivity contribution in [2.24, 2.45) is 0 Å². The number of alkyl halides is 3. The topological polar surface area (TPSA) is 55.2 Å². The molecule has 0 bridgehead atoms. The highest BCUT2D eigenvalue weighted by Gasteiger charge is 2.33. The van der Waals surface area contributed by atoms with Crippen LogP contribution in [0.1, 0.15) is 45.1 Å². The molecule has 1 aromatic carbocycles. The highest BCUT2D eigenvalue weighted by Crippen LogP contribution is 2.35. The molecule has 21 heavy (non-hydrogen) atoms. The number of nitro groups is 1. The molecule has 0 aliphatic carbocycles. The molecule has 1 rings (SSSR count). The summed E-state index contributed by atoms with van der Waals surface area (Å²) < 4.78 is 37.8. The number of benzene rings is 1. The van der Waals surface area contributed by atoms with E-state index in [4.69, 9.17) is 0 Å². The van der Waals surface area contributed by atoms with E-state index in [9.17, 15) is 23.3 Å². The molecule has 1 aromatic rings. The predicted octanol–water partition coefficient (Wildman–Crippen LogP) is 4.99. The Balaban J connectivity index is 2.89. The molecule has 118 valence electrons. The van der Waals surface area contributed by atoms with Gasteiger partial charge in [0.15, 0.2) is 0 Å². The zero-order chi connectivity index (χ0) is 16.0. The van der Waals surface area contributed by atoms with Crippen LogP contribution in [0.3, 0.4) is 0 Å². The zero-order valence-electron chi connectivity index (χ0n) is 12.0. The van der Waals surface area contributed by atoms with Crippen LogP contribution in [0.25, 0.3) is 0 Å². The quantitative estimate of drug-likeness (QED) is 0.438. The molecule has 1 atom stereocenters. The largest absolute Gasteiger partial charge is 0.416 e. The summed E-state index contributed by atoms with van der Waals surface area (Å²) in [6, 6.07) is 2.51. The van der Waals surface area contributed by atoms with E-state index in [1.165, 1.54) is 0 Å². The Hall–Kier alpha value is -1.79. The maximum absolute atomic E-state index is 12.6. The summed E-state index contributed by atoms with van der Waals surface area (Å²) in [5, 5.41) is 13.9. The minimum Gasteiger partial charge on any atom is -0.377 e. The molecule has 4 nitrogen and oxygen atoms in total. The normalized spacial score (nSPS) is 13.0. The van der Waals surface area contributed by atoms with Crippen LogP contribution in [0.4, 0.5) is 24.5 Å². The average molecular weight is 304 g/mol. The minimum absolute atomic E-state index is 0.0352. The molecule has 0 amide bonds. The Morgan fingerprint density at radius 3 is 2.52 bits per heavy atom. The Morgan fingerprint density at radius 1 is 1.33 bits per heavy atom. The first-order valence-electron chi connectivity index (χ1n) is 6.88. The molecular formula is C14H19F3N2O2. The van der Waals surface area contributed by atoms with Gasteiger partial charge in [-0.15, -0.1) is 0 Å². The first kappa shape index (κ1) is 17.3. The van der Waals surface area contributed by atoms with E-state index in [0.717, 1.165) is 37.8 Å². The van der Waals surface area contributed by atoms with Crippen molar-refractivity contribution in [1.82, 2.24) is 0 Å². The second-order valence-corrected chi connectivity index (χ2v) is 5.03. The lowest BCUT2D eigenvalue weighted by Gasteiger charge is -2.16. The van der Waals surface area contributed by atoms with Gasteiger partial charge in [0, 0.05) is 12.1 Å². The number of nitrogens with one attached hydrogen (secondary N) is 1. The summed E-state index contributed by atoms with van der Waals surface area (Å²) in [6.45, 7) is 3.93. The van der Waals surface area contributed by atoms with E-state index >= 15 is 0 Å². The average Bonchev–Trinajstić information content (AvgIpc) is 2.37. The van der Waals surface area contributed by atoms with Gasteiger partial charge in [0.05, 0.1) is 10.5 Å². The third-order valence-corrected chi connectivity index (χ3v) is 3.16. The van der Waals surface area contributed by atoms with Crippen molar-refractivity contribution in [2.45, 2.75) is 51.7 Å². The molecule has 0 saturated heterocycles. The number of hydrogen-bond acceptors (Lipinski definition) is 3. The molecule has 0 fully saturated rings. The third-order valence-electron chi connectivity index (χ3n) is 3.16. The summed E-state index contributed by atoms with van der Waals surface area (Å²) in [7, 11) is 0. The van der Waals surface area contributed by atoms with Gasteiger partial charge in [-0.2, -0.15) is 13.2 Å². The highest BCUT2D eigenvalue weighted by atomic mass is 19.4. The van der Waals surface area contributed by atoms with E-state index in [-0.39, 0.29) is 11.7 Å². The maximum Gasteiger partial charge on any atom is 0.416 e. The van der Waals surface area contributed by atoms with Gasteiger partial charge in [-0.3, -0.25) is 10.1 Å². The Morgan fingerprint density at radius 2 is 2.00 bits per heavy atom. The molecule has 0 spiro atoms. The Kier molecular flexibility index (Phi) is 5.99. The van der Waals surface area contributed by atoms with Crippen LogP contribution in [0.5, 0.6) is 0 Å². The number of nitro benzene ring substituents is 1. The maximum atomic E-state index is 12.6. The van der Waals surface area contributed by atoms with E-state index < -0.39 is 22.4 Å². The molecule has 1 unspecified atom stereocenters. The Bertz CT molecular complexity index is 490. The van der Waals surface area contributed by atoms with Gasteiger partial charge >= 0.3 is 6.18 Å². The van der Waals surface area contributed by atoms with Crippen LogP contribution < -0.4 is 5.32 Å². The molecule has 1 N–H and O–H groups in total. The van der Waals surface area contributed by atoms with E-state index in [1.807, 2.05) is 6.92 Å². The Labute approximate surface area is 121 Å². The van der Waals surface area contributed by atoms with Crippen molar-refractivity contribution in [3.8, 4) is 0 Å². The zero-order valence-corrected chi connectivity index (χ0v) is 12.0. The van der Waals surface area contributed by atoms with Gasteiger partial charge in [0.25, 0.3) is 5.69 Å². The standard InChI is InChI=1S/C14H19F3N2O2/c1-3-4-5-6-10(2)18-12-8-7-11(14(15,16)17)9-13(12)19(20)21/h7-10,18H,3-6H2,1-2H3. The monoisotopic (exact) mass is 304 g/mol. The lowest BCUT2D eigenvalue weighted by Crippen LogP contribution is -2.16. The van der Waals surface area contributed by atoms with Crippen molar-refractivity contribution in [3.05, 3.63) is 33.9 Å². The van der Waals surface area contributed by atoms with Crippen molar-refractivity contribution in [2.75, 3.05) is 5.32 Å². The highest BCUT2D eigenvalue weighted by molar-refractivity contribution is 5.63. The summed E-state index contributed by atoms with van der Waals surface area (Å²) >= 11 is 0. The van der Waals surface area contributed by atoms with Gasteiger partial charge in [-0.05, 0) is 25.5 Å². The van der Waals surface area contributed by atoms with Gasteiger partial charge in [-0.25, -0.2) is 0 Å². The number of halogens is 3. The molecule has 0 saturated carbocycles. The third kappa shape index (κ3) is 5.24. The minimum atomic E-state index is -4.59. The SMILES string of the molecule is CCCCCC(C)Nc1ccc(C(F)(F)F)cc1[N+](=O)[O-]. The molecule has 0 heterocycles. The summed E-state index contributed by atoms with van der Waals surface area (Å²) in [5.41, 5.74) is -1.44. The van der Waals surface area contributed by atoms with Crippen LogP contribution in [0, 0.1) is 10.1 Å². The second kappa shape index (κ2) is 7.28. The fraction of sp³-hybridized carbons (Fsp3) is 0.571. The lowest BCUT2D eigenvalue weighted by molar-refractivity contribution is -0.384. The van der Waals surface area contributed by atoms with Gasteiger partial charge < -0.3 is 5.32 Å². The molecule has 0 aliphatic rings. The van der Waals surface area contributed by atoms with Gasteiger partial charge in [-0.1, -0.05) is 26.2 Å².